The van der Waals surface area contributed by atoms with Gasteiger partial charge in [0, 0.05) is 0 Å². The Morgan fingerprint density at radius 3 is 2.47 bits per heavy atom. The Morgan fingerprint density at radius 2 is 1.87 bits per heavy atom. The van der Waals surface area contributed by atoms with Crippen LogP contribution in [0.25, 0.3) is 0 Å². The molecule has 88 valence electrons. The third-order valence-corrected chi connectivity index (χ3v) is 3.39. The predicted octanol–water partition coefficient (Wildman–Crippen LogP) is 4.60. The van der Waals surface area contributed by atoms with Crippen molar-refractivity contribution in [3.63, 3.8) is 0 Å². The van der Waals surface area contributed by atoms with Crippen molar-refractivity contribution in [3.05, 3.63) is 0 Å². The van der Waals surface area contributed by atoms with Gasteiger partial charge in [-0.2, -0.15) is 10.2 Å². The largest absolute Gasteiger partial charge is 0.191 e. The summed E-state index contributed by atoms with van der Waals surface area (Å²) in [5.74, 6) is 0.911. The van der Waals surface area contributed by atoms with Gasteiger partial charge in [0.1, 0.15) is 0 Å². The summed E-state index contributed by atoms with van der Waals surface area (Å²) in [6.45, 7) is 6.76. The maximum Gasteiger partial charge on any atom is 0.0708 e. The van der Waals surface area contributed by atoms with Gasteiger partial charge in [-0.1, -0.05) is 26.7 Å². The van der Waals surface area contributed by atoms with Gasteiger partial charge in [-0.05, 0) is 44.9 Å². The van der Waals surface area contributed by atoms with Crippen LogP contribution in [-0.4, -0.2) is 12.1 Å². The Kier molecular flexibility index (Phi) is 5.89. The van der Waals surface area contributed by atoms with Crippen LogP contribution >= 0.6 is 0 Å². The smallest absolute Gasteiger partial charge is 0.0708 e. The van der Waals surface area contributed by atoms with Gasteiger partial charge < -0.3 is 0 Å². The highest BCUT2D eigenvalue weighted by atomic mass is 15.1. The van der Waals surface area contributed by atoms with Crippen molar-refractivity contribution in [3.8, 4) is 0 Å². The molecule has 1 saturated carbocycles. The van der Waals surface area contributed by atoms with E-state index >= 15 is 0 Å². The highest BCUT2D eigenvalue weighted by Crippen LogP contribution is 2.25. The number of azo groups is 1. The molecule has 0 radical (unpaired) electrons. The van der Waals surface area contributed by atoms with Crippen LogP contribution < -0.4 is 0 Å². The lowest BCUT2D eigenvalue weighted by atomic mass is 9.88. The van der Waals surface area contributed by atoms with Crippen molar-refractivity contribution in [2.45, 2.75) is 77.8 Å². The fourth-order valence-electron chi connectivity index (χ4n) is 2.12. The number of rotatable bonds is 5. The van der Waals surface area contributed by atoms with Gasteiger partial charge >= 0.3 is 0 Å². The van der Waals surface area contributed by atoms with E-state index in [1.165, 1.54) is 44.9 Å². The Bertz CT molecular complexity index is 181. The molecule has 0 spiro atoms. The molecule has 1 rings (SSSR count). The summed E-state index contributed by atoms with van der Waals surface area (Å²) >= 11 is 0. The summed E-state index contributed by atoms with van der Waals surface area (Å²) in [7, 11) is 0. The maximum atomic E-state index is 4.50. The number of hydrogen-bond donors (Lipinski definition) is 0. The van der Waals surface area contributed by atoms with Crippen LogP contribution in [0.1, 0.15) is 65.7 Å². The highest BCUT2D eigenvalue weighted by Gasteiger charge is 2.17. The van der Waals surface area contributed by atoms with Crippen LogP contribution in [0.2, 0.25) is 0 Å². The second-order valence-corrected chi connectivity index (χ2v) is 5.14. The van der Waals surface area contributed by atoms with Gasteiger partial charge in [-0.3, -0.25) is 0 Å². The minimum Gasteiger partial charge on any atom is -0.191 e. The SMILES string of the molecule is CCCCC(C)N=NC1CCC(C)CC1. The summed E-state index contributed by atoms with van der Waals surface area (Å²) in [5.41, 5.74) is 0. The summed E-state index contributed by atoms with van der Waals surface area (Å²) in [6.07, 6.45) is 8.93. The molecule has 0 aromatic carbocycles. The monoisotopic (exact) mass is 210 g/mol. The summed E-state index contributed by atoms with van der Waals surface area (Å²) < 4.78 is 0. The molecule has 1 aliphatic rings. The number of unbranched alkanes of at least 4 members (excludes halogenated alkanes) is 1. The van der Waals surface area contributed by atoms with Crippen molar-refractivity contribution in [2.24, 2.45) is 16.1 Å². The normalized spacial score (nSPS) is 29.5. The molecule has 0 bridgehead atoms. The van der Waals surface area contributed by atoms with Crippen LogP contribution in [0.5, 0.6) is 0 Å². The average molecular weight is 210 g/mol. The van der Waals surface area contributed by atoms with Gasteiger partial charge in [0.05, 0.1) is 12.1 Å². The highest BCUT2D eigenvalue weighted by molar-refractivity contribution is 4.74. The molecule has 15 heavy (non-hydrogen) atoms. The third-order valence-electron chi connectivity index (χ3n) is 3.39. The van der Waals surface area contributed by atoms with Crippen molar-refractivity contribution >= 4 is 0 Å². The van der Waals surface area contributed by atoms with Crippen LogP contribution in [0.15, 0.2) is 10.2 Å². The van der Waals surface area contributed by atoms with E-state index in [2.05, 4.69) is 31.0 Å². The number of nitrogens with zero attached hydrogens (tertiary/aromatic N) is 2. The lowest BCUT2D eigenvalue weighted by molar-refractivity contribution is 0.338. The number of hydrogen-bond acceptors (Lipinski definition) is 2. The first-order valence-electron chi connectivity index (χ1n) is 6.62. The zero-order chi connectivity index (χ0) is 11.1. The predicted molar refractivity (Wildman–Crippen MR) is 65.3 cm³/mol. The molecule has 0 saturated heterocycles. The van der Waals surface area contributed by atoms with E-state index in [9.17, 15) is 0 Å². The minimum absolute atomic E-state index is 0.435. The zero-order valence-electron chi connectivity index (χ0n) is 10.6. The van der Waals surface area contributed by atoms with Crippen LogP contribution in [0, 0.1) is 5.92 Å². The topological polar surface area (TPSA) is 24.7 Å². The van der Waals surface area contributed by atoms with E-state index < -0.39 is 0 Å². The van der Waals surface area contributed by atoms with E-state index in [-0.39, 0.29) is 0 Å². The molecule has 0 aliphatic heterocycles. The molecule has 0 aromatic rings. The molecule has 1 fully saturated rings. The summed E-state index contributed by atoms with van der Waals surface area (Å²) in [5, 5.41) is 8.93. The fraction of sp³-hybridized carbons (Fsp3) is 1.00. The molecule has 1 aliphatic carbocycles. The first-order chi connectivity index (χ1) is 7.22. The summed E-state index contributed by atoms with van der Waals surface area (Å²) in [6, 6.07) is 0.967. The van der Waals surface area contributed by atoms with Gasteiger partial charge in [-0.15, -0.1) is 0 Å². The third kappa shape index (κ3) is 5.29. The second kappa shape index (κ2) is 6.97. The standard InChI is InChI=1S/C13H26N2/c1-4-5-6-12(3)14-15-13-9-7-11(2)8-10-13/h11-13H,4-10H2,1-3H3. The first-order valence-corrected chi connectivity index (χ1v) is 6.62. The molecule has 0 N–H and O–H groups in total. The zero-order valence-corrected chi connectivity index (χ0v) is 10.6. The Morgan fingerprint density at radius 1 is 1.20 bits per heavy atom. The van der Waals surface area contributed by atoms with Crippen molar-refractivity contribution in [1.82, 2.24) is 0 Å². The molecule has 1 unspecified atom stereocenters. The Balaban J connectivity index is 2.19. The average Bonchev–Trinajstić information content (AvgIpc) is 2.25. The van der Waals surface area contributed by atoms with Crippen LogP contribution in [-0.2, 0) is 0 Å². The molecule has 0 aromatic heterocycles. The van der Waals surface area contributed by atoms with E-state index in [1.807, 2.05) is 0 Å². The molecule has 2 heteroatoms. The minimum atomic E-state index is 0.435. The van der Waals surface area contributed by atoms with Crippen molar-refractivity contribution in [1.29, 1.82) is 0 Å². The molecular formula is C13H26N2. The molecule has 2 nitrogen and oxygen atoms in total. The quantitative estimate of drug-likeness (QED) is 0.593. The molecule has 1 atom stereocenters. The second-order valence-electron chi connectivity index (χ2n) is 5.14. The Hall–Kier alpha value is -0.400. The van der Waals surface area contributed by atoms with E-state index in [1.54, 1.807) is 0 Å². The van der Waals surface area contributed by atoms with Gasteiger partial charge in [0.2, 0.25) is 0 Å². The lowest BCUT2D eigenvalue weighted by Gasteiger charge is -2.22. The molecular weight excluding hydrogens is 184 g/mol. The Labute approximate surface area is 94.6 Å². The van der Waals surface area contributed by atoms with Crippen molar-refractivity contribution < 1.29 is 0 Å². The van der Waals surface area contributed by atoms with E-state index in [4.69, 9.17) is 0 Å². The van der Waals surface area contributed by atoms with Crippen LogP contribution in [0.3, 0.4) is 0 Å². The molecule has 0 heterocycles. The van der Waals surface area contributed by atoms with Crippen molar-refractivity contribution in [2.75, 3.05) is 0 Å². The van der Waals surface area contributed by atoms with E-state index in [0.29, 0.717) is 12.1 Å². The van der Waals surface area contributed by atoms with E-state index in [0.717, 1.165) is 5.92 Å². The fourth-order valence-corrected chi connectivity index (χ4v) is 2.12. The van der Waals surface area contributed by atoms with Crippen LogP contribution in [0.4, 0.5) is 0 Å². The van der Waals surface area contributed by atoms with Gasteiger partial charge in [0.25, 0.3) is 0 Å². The first kappa shape index (κ1) is 12.7. The maximum absolute atomic E-state index is 4.50. The van der Waals surface area contributed by atoms with Gasteiger partial charge in [0.15, 0.2) is 0 Å². The van der Waals surface area contributed by atoms with Gasteiger partial charge in [-0.25, -0.2) is 0 Å². The summed E-state index contributed by atoms with van der Waals surface area (Å²) in [4.78, 5) is 0. The molecule has 0 amide bonds. The lowest BCUT2D eigenvalue weighted by Crippen LogP contribution is -2.15.